The number of nitrogens with zero attached hydrogens (tertiary/aromatic N) is 1. The van der Waals surface area contributed by atoms with Gasteiger partial charge in [-0.25, -0.2) is 13.1 Å². The molecule has 3 amide bonds. The summed E-state index contributed by atoms with van der Waals surface area (Å²) < 4.78 is 40.5. The van der Waals surface area contributed by atoms with Gasteiger partial charge in [-0.3, -0.25) is 14.4 Å². The fourth-order valence-corrected chi connectivity index (χ4v) is 6.61. The van der Waals surface area contributed by atoms with Crippen molar-refractivity contribution in [3.05, 3.63) is 103 Å². The van der Waals surface area contributed by atoms with E-state index in [1.807, 2.05) is 48.5 Å². The summed E-state index contributed by atoms with van der Waals surface area (Å²) in [7, 11) is -4.30. The highest BCUT2D eigenvalue weighted by Gasteiger charge is 2.60. The third kappa shape index (κ3) is 6.94. The van der Waals surface area contributed by atoms with Crippen LogP contribution in [0.5, 0.6) is 11.5 Å². The van der Waals surface area contributed by atoms with Gasteiger partial charge in [-0.2, -0.15) is 0 Å². The number of hydrogen-bond acceptors (Lipinski definition) is 7. The van der Waals surface area contributed by atoms with Gasteiger partial charge in [0.2, 0.25) is 11.8 Å². The van der Waals surface area contributed by atoms with Crippen molar-refractivity contribution in [3.63, 3.8) is 0 Å². The summed E-state index contributed by atoms with van der Waals surface area (Å²) in [6.45, 7) is 5.85. The van der Waals surface area contributed by atoms with Gasteiger partial charge in [0.15, 0.2) is 0 Å². The number of carbonyl (C=O) groups excluding carboxylic acids is 3. The minimum absolute atomic E-state index is 0.122. The first kappa shape index (κ1) is 30.8. The molecule has 5 rings (SSSR count). The summed E-state index contributed by atoms with van der Waals surface area (Å²) in [4.78, 5) is 40.6. The minimum Gasteiger partial charge on any atom is -0.489 e. The molecule has 0 bridgehead atoms. The monoisotopic (exact) mass is 617 g/mol. The molecule has 230 valence electrons. The first-order valence-corrected chi connectivity index (χ1v) is 15.9. The quantitative estimate of drug-likeness (QED) is 0.297. The van der Waals surface area contributed by atoms with Gasteiger partial charge in [-0.05, 0) is 36.2 Å². The predicted octanol–water partition coefficient (Wildman–Crippen LogP) is 3.59. The molecule has 2 N–H and O–H groups in total. The lowest BCUT2D eigenvalue weighted by atomic mass is 10.1. The topological polar surface area (TPSA) is 131 Å². The van der Waals surface area contributed by atoms with Crippen LogP contribution in [0.15, 0.2) is 102 Å². The SMILES string of the molecule is C=C[C@@H]1C[C@]1(NC(=O)CC1C(Oc2ccccc2)CCN1C(C)=O)C(=O)NS(=O)(=O)c1cccc(OCc2ccccc2)c1. The Balaban J connectivity index is 1.26. The van der Waals surface area contributed by atoms with Crippen molar-refractivity contribution < 1.29 is 32.3 Å². The van der Waals surface area contributed by atoms with Crippen LogP contribution in [0.3, 0.4) is 0 Å². The molecule has 0 radical (unpaired) electrons. The minimum atomic E-state index is -4.30. The lowest BCUT2D eigenvalue weighted by Crippen LogP contribution is -2.53. The van der Waals surface area contributed by atoms with E-state index in [4.69, 9.17) is 9.47 Å². The largest absolute Gasteiger partial charge is 0.489 e. The molecule has 1 heterocycles. The van der Waals surface area contributed by atoms with E-state index in [2.05, 4.69) is 16.6 Å². The van der Waals surface area contributed by atoms with Gasteiger partial charge in [-0.1, -0.05) is 60.7 Å². The molecular formula is C33H35N3O7S. The van der Waals surface area contributed by atoms with E-state index < -0.39 is 45.4 Å². The Bertz CT molecular complexity index is 1630. The highest BCUT2D eigenvalue weighted by molar-refractivity contribution is 7.90. The van der Waals surface area contributed by atoms with Crippen molar-refractivity contribution in [2.24, 2.45) is 5.92 Å². The molecule has 2 unspecified atom stereocenters. The smallest absolute Gasteiger partial charge is 0.264 e. The van der Waals surface area contributed by atoms with E-state index in [9.17, 15) is 22.8 Å². The molecule has 10 nitrogen and oxygen atoms in total. The third-order valence-electron chi connectivity index (χ3n) is 7.97. The molecule has 0 aromatic heterocycles. The van der Waals surface area contributed by atoms with Crippen LogP contribution in [0.1, 0.15) is 31.7 Å². The number of likely N-dealkylation sites (tertiary alicyclic amines) is 1. The maximum Gasteiger partial charge on any atom is 0.264 e. The van der Waals surface area contributed by atoms with Gasteiger partial charge < -0.3 is 19.7 Å². The maximum absolute atomic E-state index is 13.5. The van der Waals surface area contributed by atoms with Crippen LogP contribution in [0.4, 0.5) is 0 Å². The molecule has 3 aromatic carbocycles. The molecule has 4 atom stereocenters. The summed E-state index contributed by atoms with van der Waals surface area (Å²) in [6.07, 6.45) is 1.70. The number of carbonyl (C=O) groups is 3. The van der Waals surface area contributed by atoms with Crippen LogP contribution in [-0.2, 0) is 31.0 Å². The lowest BCUT2D eigenvalue weighted by molar-refractivity contribution is -0.133. The molecule has 2 aliphatic rings. The van der Waals surface area contributed by atoms with Crippen molar-refractivity contribution in [1.29, 1.82) is 0 Å². The Kier molecular flexibility index (Phi) is 9.05. The Morgan fingerprint density at radius 3 is 2.34 bits per heavy atom. The molecule has 44 heavy (non-hydrogen) atoms. The van der Waals surface area contributed by atoms with E-state index in [0.29, 0.717) is 24.5 Å². The number of para-hydroxylation sites is 1. The Labute approximate surface area is 257 Å². The van der Waals surface area contributed by atoms with Crippen LogP contribution in [0, 0.1) is 5.92 Å². The van der Waals surface area contributed by atoms with E-state index in [1.54, 1.807) is 23.1 Å². The van der Waals surface area contributed by atoms with Gasteiger partial charge in [0.25, 0.3) is 15.9 Å². The molecular weight excluding hydrogens is 582 g/mol. The Morgan fingerprint density at radius 1 is 1.00 bits per heavy atom. The summed E-state index contributed by atoms with van der Waals surface area (Å²) >= 11 is 0. The van der Waals surface area contributed by atoms with Crippen LogP contribution in [0.2, 0.25) is 0 Å². The van der Waals surface area contributed by atoms with Gasteiger partial charge in [0, 0.05) is 31.9 Å². The third-order valence-corrected chi connectivity index (χ3v) is 9.30. The van der Waals surface area contributed by atoms with E-state index >= 15 is 0 Å². The van der Waals surface area contributed by atoms with Crippen LogP contribution in [-0.4, -0.2) is 55.3 Å². The number of sulfonamides is 1. The fourth-order valence-electron chi connectivity index (χ4n) is 5.54. The highest BCUT2D eigenvalue weighted by atomic mass is 32.2. The predicted molar refractivity (Wildman–Crippen MR) is 163 cm³/mol. The lowest BCUT2D eigenvalue weighted by Gasteiger charge is -2.28. The van der Waals surface area contributed by atoms with Crippen molar-refractivity contribution >= 4 is 27.7 Å². The average Bonchev–Trinajstić information content (AvgIpc) is 3.60. The molecule has 1 saturated carbocycles. The summed E-state index contributed by atoms with van der Waals surface area (Å²) in [6, 6.07) is 23.8. The number of hydrogen-bond donors (Lipinski definition) is 2. The second kappa shape index (κ2) is 12.9. The molecule has 3 aromatic rings. The Morgan fingerprint density at radius 2 is 1.68 bits per heavy atom. The number of amides is 3. The molecule has 1 aliphatic carbocycles. The van der Waals surface area contributed by atoms with Gasteiger partial charge in [-0.15, -0.1) is 6.58 Å². The fraction of sp³-hybridized carbons (Fsp3) is 0.303. The van der Waals surface area contributed by atoms with E-state index in [0.717, 1.165) is 5.56 Å². The first-order chi connectivity index (χ1) is 21.1. The van der Waals surface area contributed by atoms with Crippen molar-refractivity contribution in [2.75, 3.05) is 6.54 Å². The number of nitrogens with one attached hydrogen (secondary N) is 2. The second-order valence-corrected chi connectivity index (χ2v) is 12.7. The maximum atomic E-state index is 13.5. The molecule has 1 aliphatic heterocycles. The van der Waals surface area contributed by atoms with Crippen LogP contribution < -0.4 is 19.5 Å². The van der Waals surface area contributed by atoms with Crippen molar-refractivity contribution in [3.8, 4) is 11.5 Å². The van der Waals surface area contributed by atoms with Gasteiger partial charge >= 0.3 is 0 Å². The zero-order chi connectivity index (χ0) is 31.3. The van der Waals surface area contributed by atoms with Crippen molar-refractivity contribution in [1.82, 2.24) is 14.9 Å². The van der Waals surface area contributed by atoms with Crippen LogP contribution >= 0.6 is 0 Å². The molecule has 2 fully saturated rings. The summed E-state index contributed by atoms with van der Waals surface area (Å²) in [5.41, 5.74) is -0.569. The standard InChI is InChI=1S/C33H35N3O7S/c1-3-25-21-33(25,34-31(38)20-29-30(17-18-36(29)23(2)37)43-26-13-8-5-9-14-26)32(39)35-44(40,41)28-16-10-15-27(19-28)42-22-24-11-6-4-7-12-24/h3-16,19,25,29-30H,1,17-18,20-22H2,2H3,(H,34,38)(H,35,39)/t25-,29?,30?,33-/m1/s1. The number of rotatable bonds is 12. The summed E-state index contributed by atoms with van der Waals surface area (Å²) in [5, 5.41) is 2.76. The van der Waals surface area contributed by atoms with Gasteiger partial charge in [0.1, 0.15) is 29.7 Å². The van der Waals surface area contributed by atoms with E-state index in [-0.39, 0.29) is 30.3 Å². The van der Waals surface area contributed by atoms with Crippen LogP contribution in [0.25, 0.3) is 0 Å². The van der Waals surface area contributed by atoms with Gasteiger partial charge in [0.05, 0.1) is 17.4 Å². The zero-order valence-electron chi connectivity index (χ0n) is 24.3. The molecule has 1 saturated heterocycles. The molecule has 0 spiro atoms. The Hall–Kier alpha value is -4.64. The molecule has 11 heteroatoms. The van der Waals surface area contributed by atoms with Crippen molar-refractivity contribution in [2.45, 2.75) is 55.4 Å². The second-order valence-electron chi connectivity index (χ2n) is 11.0. The highest BCUT2D eigenvalue weighted by Crippen LogP contribution is 2.45. The first-order valence-electron chi connectivity index (χ1n) is 14.4. The normalized spacial score (nSPS) is 22.5. The van der Waals surface area contributed by atoms with E-state index in [1.165, 1.54) is 31.2 Å². The average molecular weight is 618 g/mol. The number of ether oxygens (including phenoxy) is 2. The summed E-state index contributed by atoms with van der Waals surface area (Å²) in [5.74, 6) is -1.08. The zero-order valence-corrected chi connectivity index (χ0v) is 25.2. The number of benzene rings is 3.